The Morgan fingerprint density at radius 1 is 1.30 bits per heavy atom. The molecule has 0 fully saturated rings. The topological polar surface area (TPSA) is 55.1 Å². The van der Waals surface area contributed by atoms with Gasteiger partial charge >= 0.3 is 0 Å². The maximum atomic E-state index is 12.1. The molecule has 20 heavy (non-hydrogen) atoms. The number of carbonyl (C=O) groups excluding carboxylic acids is 1. The molecule has 2 aromatic carbocycles. The third-order valence-electron chi connectivity index (χ3n) is 2.97. The highest BCUT2D eigenvalue weighted by Gasteiger charge is 2.09. The van der Waals surface area contributed by atoms with Crippen molar-refractivity contribution in [3.8, 4) is 0 Å². The minimum Gasteiger partial charge on any atom is -0.398 e. The van der Waals surface area contributed by atoms with E-state index >= 15 is 0 Å². The summed E-state index contributed by atoms with van der Waals surface area (Å²) in [5, 5.41) is 3.30. The summed E-state index contributed by atoms with van der Waals surface area (Å²) in [5.74, 6) is -0.219. The highest BCUT2D eigenvalue weighted by atomic mass is 79.9. The van der Waals surface area contributed by atoms with Crippen LogP contribution in [0.25, 0.3) is 0 Å². The standard InChI is InChI=1S/C15H14BrClN2O/c1-2-9-3-5-11(8-14(9)18)19-15(20)10-4-6-12(16)13(17)7-10/h3-8H,2,18H2,1H3,(H,19,20). The van der Waals surface area contributed by atoms with Crippen LogP contribution in [0.4, 0.5) is 11.4 Å². The normalized spacial score (nSPS) is 10.3. The van der Waals surface area contributed by atoms with Crippen molar-refractivity contribution in [1.82, 2.24) is 0 Å². The van der Waals surface area contributed by atoms with E-state index < -0.39 is 0 Å². The monoisotopic (exact) mass is 352 g/mol. The van der Waals surface area contributed by atoms with Crippen molar-refractivity contribution in [2.45, 2.75) is 13.3 Å². The molecule has 0 spiro atoms. The second-order valence-electron chi connectivity index (χ2n) is 4.35. The van der Waals surface area contributed by atoms with Crippen LogP contribution in [0.5, 0.6) is 0 Å². The Morgan fingerprint density at radius 2 is 2.05 bits per heavy atom. The summed E-state index contributed by atoms with van der Waals surface area (Å²) in [7, 11) is 0. The lowest BCUT2D eigenvalue weighted by Crippen LogP contribution is -2.12. The van der Waals surface area contributed by atoms with Gasteiger partial charge in [-0.2, -0.15) is 0 Å². The fraction of sp³-hybridized carbons (Fsp3) is 0.133. The summed E-state index contributed by atoms with van der Waals surface area (Å²) in [5.41, 5.74) is 8.82. The molecule has 5 heteroatoms. The molecule has 0 atom stereocenters. The molecule has 0 saturated heterocycles. The third-order valence-corrected chi connectivity index (χ3v) is 4.20. The van der Waals surface area contributed by atoms with Gasteiger partial charge in [0.2, 0.25) is 0 Å². The van der Waals surface area contributed by atoms with E-state index in [1.165, 1.54) is 0 Å². The molecule has 104 valence electrons. The number of amides is 1. The second kappa shape index (κ2) is 6.29. The number of halogens is 2. The minimum atomic E-state index is -0.219. The van der Waals surface area contributed by atoms with E-state index in [-0.39, 0.29) is 5.91 Å². The average Bonchev–Trinajstić information content (AvgIpc) is 2.42. The predicted octanol–water partition coefficient (Wildman–Crippen LogP) is 4.50. The maximum absolute atomic E-state index is 12.1. The van der Waals surface area contributed by atoms with Crippen LogP contribution in [0.15, 0.2) is 40.9 Å². The van der Waals surface area contributed by atoms with E-state index in [1.54, 1.807) is 24.3 Å². The number of carbonyl (C=O) groups is 1. The highest BCUT2D eigenvalue weighted by Crippen LogP contribution is 2.24. The Morgan fingerprint density at radius 3 is 2.65 bits per heavy atom. The number of aryl methyl sites for hydroxylation is 1. The number of nitrogens with two attached hydrogens (primary N) is 1. The van der Waals surface area contributed by atoms with E-state index in [2.05, 4.69) is 21.2 Å². The molecule has 0 saturated carbocycles. The third kappa shape index (κ3) is 3.32. The summed E-state index contributed by atoms with van der Waals surface area (Å²) in [6.07, 6.45) is 0.863. The zero-order chi connectivity index (χ0) is 14.7. The molecule has 0 radical (unpaired) electrons. The molecule has 2 rings (SSSR count). The lowest BCUT2D eigenvalue weighted by atomic mass is 10.1. The van der Waals surface area contributed by atoms with Gasteiger partial charge < -0.3 is 11.1 Å². The van der Waals surface area contributed by atoms with Crippen LogP contribution < -0.4 is 11.1 Å². The number of hydrogen-bond acceptors (Lipinski definition) is 2. The Hall–Kier alpha value is -1.52. The van der Waals surface area contributed by atoms with Gasteiger partial charge in [0.05, 0.1) is 5.02 Å². The number of hydrogen-bond donors (Lipinski definition) is 2. The van der Waals surface area contributed by atoms with E-state index in [9.17, 15) is 4.79 Å². The largest absolute Gasteiger partial charge is 0.398 e. The quantitative estimate of drug-likeness (QED) is 0.798. The molecule has 2 aromatic rings. The molecule has 1 amide bonds. The molecule has 0 bridgehead atoms. The lowest BCUT2D eigenvalue weighted by Gasteiger charge is -2.09. The summed E-state index contributed by atoms with van der Waals surface area (Å²) >= 11 is 9.27. The van der Waals surface area contributed by atoms with Crippen molar-refractivity contribution in [1.29, 1.82) is 0 Å². The SMILES string of the molecule is CCc1ccc(NC(=O)c2ccc(Br)c(Cl)c2)cc1N. The second-order valence-corrected chi connectivity index (χ2v) is 5.61. The van der Waals surface area contributed by atoms with Crippen LogP contribution in [0.3, 0.4) is 0 Å². The first-order chi connectivity index (χ1) is 9.51. The van der Waals surface area contributed by atoms with Crippen molar-refractivity contribution >= 4 is 44.8 Å². The summed E-state index contributed by atoms with van der Waals surface area (Å²) in [6.45, 7) is 2.04. The highest BCUT2D eigenvalue weighted by molar-refractivity contribution is 9.10. The molecular formula is C15H14BrClN2O. The number of rotatable bonds is 3. The van der Waals surface area contributed by atoms with Crippen LogP contribution >= 0.6 is 27.5 Å². The van der Waals surface area contributed by atoms with Crippen molar-refractivity contribution in [3.05, 3.63) is 57.0 Å². The predicted molar refractivity (Wildman–Crippen MR) is 87.3 cm³/mol. The van der Waals surface area contributed by atoms with E-state index in [4.69, 9.17) is 17.3 Å². The smallest absolute Gasteiger partial charge is 0.255 e. The van der Waals surface area contributed by atoms with Crippen LogP contribution in [0.2, 0.25) is 5.02 Å². The van der Waals surface area contributed by atoms with Gasteiger partial charge in [-0.25, -0.2) is 0 Å². The van der Waals surface area contributed by atoms with Gasteiger partial charge in [-0.15, -0.1) is 0 Å². The molecule has 0 aliphatic carbocycles. The van der Waals surface area contributed by atoms with Crippen LogP contribution in [-0.2, 0) is 6.42 Å². The Bertz CT molecular complexity index is 658. The molecular weight excluding hydrogens is 340 g/mol. The number of benzene rings is 2. The zero-order valence-electron chi connectivity index (χ0n) is 10.9. The van der Waals surface area contributed by atoms with Crippen LogP contribution in [0, 0.1) is 0 Å². The molecule has 3 N–H and O–H groups in total. The molecule has 0 unspecified atom stereocenters. The molecule has 3 nitrogen and oxygen atoms in total. The van der Waals surface area contributed by atoms with Gasteiger partial charge in [0.25, 0.3) is 5.91 Å². The first-order valence-electron chi connectivity index (χ1n) is 6.16. The van der Waals surface area contributed by atoms with Crippen molar-refractivity contribution in [2.75, 3.05) is 11.1 Å². The lowest BCUT2D eigenvalue weighted by molar-refractivity contribution is 0.102. The molecule has 0 aliphatic heterocycles. The Kier molecular flexibility index (Phi) is 4.68. The maximum Gasteiger partial charge on any atom is 0.255 e. The Balaban J connectivity index is 2.19. The fourth-order valence-electron chi connectivity index (χ4n) is 1.84. The minimum absolute atomic E-state index is 0.219. The molecule has 0 aliphatic rings. The van der Waals surface area contributed by atoms with Gasteiger partial charge in [0, 0.05) is 21.4 Å². The molecule has 0 heterocycles. The molecule has 0 aromatic heterocycles. The van der Waals surface area contributed by atoms with E-state index in [0.29, 0.717) is 22.0 Å². The van der Waals surface area contributed by atoms with Gasteiger partial charge in [-0.1, -0.05) is 24.6 Å². The van der Waals surface area contributed by atoms with Crippen LogP contribution in [0.1, 0.15) is 22.8 Å². The van der Waals surface area contributed by atoms with Crippen LogP contribution in [-0.4, -0.2) is 5.91 Å². The average molecular weight is 354 g/mol. The summed E-state index contributed by atoms with van der Waals surface area (Å²) < 4.78 is 0.757. The van der Waals surface area contributed by atoms with Gasteiger partial charge in [0.15, 0.2) is 0 Å². The fourth-order valence-corrected chi connectivity index (χ4v) is 2.26. The first-order valence-corrected chi connectivity index (χ1v) is 7.33. The van der Waals surface area contributed by atoms with Crippen molar-refractivity contribution < 1.29 is 4.79 Å². The summed E-state index contributed by atoms with van der Waals surface area (Å²) in [4.78, 5) is 12.1. The van der Waals surface area contributed by atoms with Gasteiger partial charge in [-0.3, -0.25) is 4.79 Å². The van der Waals surface area contributed by atoms with E-state index in [0.717, 1.165) is 16.5 Å². The van der Waals surface area contributed by atoms with Gasteiger partial charge in [0.1, 0.15) is 0 Å². The first kappa shape index (κ1) is 14.9. The number of nitrogen functional groups attached to an aromatic ring is 1. The van der Waals surface area contributed by atoms with E-state index in [1.807, 2.05) is 19.1 Å². The van der Waals surface area contributed by atoms with Crippen molar-refractivity contribution in [2.24, 2.45) is 0 Å². The Labute approximate surface area is 131 Å². The number of nitrogens with one attached hydrogen (secondary N) is 1. The summed E-state index contributed by atoms with van der Waals surface area (Å²) in [6, 6.07) is 10.6. The van der Waals surface area contributed by atoms with Gasteiger partial charge in [-0.05, 0) is 58.2 Å². The van der Waals surface area contributed by atoms with Crippen molar-refractivity contribution in [3.63, 3.8) is 0 Å². The number of anilines is 2. The zero-order valence-corrected chi connectivity index (χ0v) is 13.3.